The second-order valence-electron chi connectivity index (χ2n) is 5.29. The Labute approximate surface area is 133 Å². The van der Waals surface area contributed by atoms with Crippen LogP contribution in [0.2, 0.25) is 0 Å². The van der Waals surface area contributed by atoms with E-state index < -0.39 is 26.6 Å². The lowest BCUT2D eigenvalue weighted by atomic mass is 10.3. The van der Waals surface area contributed by atoms with Gasteiger partial charge in [0.15, 0.2) is 11.6 Å². The Morgan fingerprint density at radius 3 is 2.74 bits per heavy atom. The number of benzene rings is 1. The lowest BCUT2D eigenvalue weighted by molar-refractivity contribution is 0.481. The third-order valence-corrected chi connectivity index (χ3v) is 5.23. The van der Waals surface area contributed by atoms with Gasteiger partial charge in [-0.15, -0.1) is 0 Å². The summed E-state index contributed by atoms with van der Waals surface area (Å²) < 4.78 is 53.9. The zero-order valence-electron chi connectivity index (χ0n) is 12.1. The summed E-state index contributed by atoms with van der Waals surface area (Å²) in [6, 6.07) is 8.20. The fourth-order valence-electron chi connectivity index (χ4n) is 2.58. The SMILES string of the molecule is O=S(=O)(N[C@H]1CCN(c2ccccn2)C1)c1cccc(F)c1F. The van der Waals surface area contributed by atoms with Gasteiger partial charge in [0, 0.05) is 25.3 Å². The number of pyridine rings is 1. The Bertz CT molecular complexity index is 800. The van der Waals surface area contributed by atoms with E-state index in [2.05, 4.69) is 9.71 Å². The van der Waals surface area contributed by atoms with Gasteiger partial charge in [0.1, 0.15) is 10.7 Å². The Hall–Kier alpha value is -2.06. The molecular formula is C15H15F2N3O2S. The molecule has 0 aliphatic carbocycles. The average molecular weight is 339 g/mol. The molecule has 0 radical (unpaired) electrons. The van der Waals surface area contributed by atoms with Crippen molar-refractivity contribution in [1.29, 1.82) is 0 Å². The van der Waals surface area contributed by atoms with Crippen LogP contribution in [-0.2, 0) is 10.0 Å². The lowest BCUT2D eigenvalue weighted by Gasteiger charge is -2.18. The summed E-state index contributed by atoms with van der Waals surface area (Å²) in [6.07, 6.45) is 2.22. The molecule has 0 unspecified atom stereocenters. The van der Waals surface area contributed by atoms with Gasteiger partial charge in [-0.3, -0.25) is 0 Å². The maximum absolute atomic E-state index is 13.7. The molecule has 1 fully saturated rings. The van der Waals surface area contributed by atoms with Crippen LogP contribution in [0.15, 0.2) is 47.5 Å². The van der Waals surface area contributed by atoms with Crippen LogP contribution >= 0.6 is 0 Å². The molecule has 1 saturated heterocycles. The van der Waals surface area contributed by atoms with Crippen molar-refractivity contribution in [2.75, 3.05) is 18.0 Å². The van der Waals surface area contributed by atoms with Crippen molar-refractivity contribution in [3.05, 3.63) is 54.2 Å². The first-order valence-corrected chi connectivity index (χ1v) is 8.58. The van der Waals surface area contributed by atoms with E-state index in [1.165, 1.54) is 6.07 Å². The van der Waals surface area contributed by atoms with Crippen molar-refractivity contribution >= 4 is 15.8 Å². The molecule has 1 aliphatic heterocycles. The number of aromatic nitrogens is 1. The van der Waals surface area contributed by atoms with Gasteiger partial charge in [-0.25, -0.2) is 26.9 Å². The summed E-state index contributed by atoms with van der Waals surface area (Å²) in [7, 11) is -4.11. The third-order valence-electron chi connectivity index (χ3n) is 3.69. The van der Waals surface area contributed by atoms with E-state index in [-0.39, 0.29) is 6.04 Å². The van der Waals surface area contributed by atoms with Crippen LogP contribution in [0.1, 0.15) is 6.42 Å². The highest BCUT2D eigenvalue weighted by molar-refractivity contribution is 7.89. The van der Waals surface area contributed by atoms with Crippen LogP contribution < -0.4 is 9.62 Å². The van der Waals surface area contributed by atoms with E-state index in [1.807, 2.05) is 17.0 Å². The van der Waals surface area contributed by atoms with Gasteiger partial charge in [-0.1, -0.05) is 12.1 Å². The molecule has 8 heteroatoms. The van der Waals surface area contributed by atoms with Gasteiger partial charge in [-0.2, -0.15) is 0 Å². The standard InChI is InChI=1S/C15H15F2N3O2S/c16-12-4-3-5-13(15(12)17)23(21,22)19-11-7-9-20(10-11)14-6-1-2-8-18-14/h1-6,8,11,19H,7,9-10H2/t11-/m0/s1. The highest BCUT2D eigenvalue weighted by Crippen LogP contribution is 2.21. The van der Waals surface area contributed by atoms with Crippen LogP contribution in [0.25, 0.3) is 0 Å². The summed E-state index contributed by atoms with van der Waals surface area (Å²) >= 11 is 0. The minimum Gasteiger partial charge on any atom is -0.355 e. The molecule has 5 nitrogen and oxygen atoms in total. The first kappa shape index (κ1) is 15.8. The van der Waals surface area contributed by atoms with Crippen LogP contribution in [-0.4, -0.2) is 32.5 Å². The zero-order chi connectivity index (χ0) is 16.4. The zero-order valence-corrected chi connectivity index (χ0v) is 12.9. The molecular weight excluding hydrogens is 324 g/mol. The quantitative estimate of drug-likeness (QED) is 0.924. The van der Waals surface area contributed by atoms with Gasteiger partial charge >= 0.3 is 0 Å². The summed E-state index contributed by atoms with van der Waals surface area (Å²) in [5.74, 6) is -1.79. The fraction of sp³-hybridized carbons (Fsp3) is 0.267. The molecule has 1 aliphatic rings. The molecule has 0 saturated carbocycles. The molecule has 1 atom stereocenters. The van der Waals surface area contributed by atoms with E-state index in [9.17, 15) is 17.2 Å². The van der Waals surface area contributed by atoms with Gasteiger partial charge in [0.2, 0.25) is 10.0 Å². The second kappa shape index (κ2) is 6.21. The van der Waals surface area contributed by atoms with E-state index in [0.29, 0.717) is 19.5 Å². The largest absolute Gasteiger partial charge is 0.355 e. The normalized spacial score (nSPS) is 18.3. The molecule has 1 aromatic carbocycles. The van der Waals surface area contributed by atoms with Crippen molar-refractivity contribution in [3.63, 3.8) is 0 Å². The summed E-state index contributed by atoms with van der Waals surface area (Å²) in [5, 5.41) is 0. The molecule has 0 amide bonds. The minimum absolute atomic E-state index is 0.385. The minimum atomic E-state index is -4.11. The van der Waals surface area contributed by atoms with E-state index >= 15 is 0 Å². The number of halogens is 2. The summed E-state index contributed by atoms with van der Waals surface area (Å²) in [6.45, 7) is 1.06. The van der Waals surface area contributed by atoms with E-state index in [1.54, 1.807) is 12.3 Å². The van der Waals surface area contributed by atoms with Crippen molar-refractivity contribution in [1.82, 2.24) is 9.71 Å². The van der Waals surface area contributed by atoms with Crippen molar-refractivity contribution < 1.29 is 17.2 Å². The molecule has 0 bridgehead atoms. The van der Waals surface area contributed by atoms with Gasteiger partial charge in [0.25, 0.3) is 0 Å². The van der Waals surface area contributed by atoms with Crippen LogP contribution in [0.4, 0.5) is 14.6 Å². The number of nitrogens with zero attached hydrogens (tertiary/aromatic N) is 2. The monoisotopic (exact) mass is 339 g/mol. The molecule has 2 aromatic rings. The number of anilines is 1. The number of sulfonamides is 1. The van der Waals surface area contributed by atoms with Gasteiger partial charge in [0.05, 0.1) is 0 Å². The van der Waals surface area contributed by atoms with Gasteiger partial charge in [-0.05, 0) is 30.7 Å². The van der Waals surface area contributed by atoms with E-state index in [0.717, 1.165) is 18.0 Å². The second-order valence-corrected chi connectivity index (χ2v) is 6.98. The smallest absolute Gasteiger partial charge is 0.243 e. The Balaban J connectivity index is 1.74. The van der Waals surface area contributed by atoms with Gasteiger partial charge < -0.3 is 4.90 Å². The number of nitrogens with one attached hydrogen (secondary N) is 1. The Morgan fingerprint density at radius 2 is 2.00 bits per heavy atom. The predicted molar refractivity (Wildman–Crippen MR) is 81.5 cm³/mol. The Kier molecular flexibility index (Phi) is 4.27. The molecule has 1 aromatic heterocycles. The first-order chi connectivity index (χ1) is 11.0. The van der Waals surface area contributed by atoms with Crippen molar-refractivity contribution in [2.24, 2.45) is 0 Å². The first-order valence-electron chi connectivity index (χ1n) is 7.10. The van der Waals surface area contributed by atoms with Crippen LogP contribution in [0.3, 0.4) is 0 Å². The molecule has 2 heterocycles. The average Bonchev–Trinajstić information content (AvgIpc) is 2.98. The maximum Gasteiger partial charge on any atom is 0.243 e. The molecule has 1 N–H and O–H groups in total. The predicted octanol–water partition coefficient (Wildman–Crippen LogP) is 1.92. The number of hydrogen-bond acceptors (Lipinski definition) is 4. The third kappa shape index (κ3) is 3.32. The van der Waals surface area contributed by atoms with Crippen LogP contribution in [0, 0.1) is 11.6 Å². The number of rotatable bonds is 4. The number of hydrogen-bond donors (Lipinski definition) is 1. The van der Waals surface area contributed by atoms with Crippen LogP contribution in [0.5, 0.6) is 0 Å². The maximum atomic E-state index is 13.7. The molecule has 3 rings (SSSR count). The summed E-state index contributed by atoms with van der Waals surface area (Å²) in [4.78, 5) is 5.48. The topological polar surface area (TPSA) is 62.3 Å². The summed E-state index contributed by atoms with van der Waals surface area (Å²) in [5.41, 5.74) is 0. The Morgan fingerprint density at radius 1 is 1.17 bits per heavy atom. The van der Waals surface area contributed by atoms with Crippen molar-refractivity contribution in [3.8, 4) is 0 Å². The molecule has 23 heavy (non-hydrogen) atoms. The highest BCUT2D eigenvalue weighted by Gasteiger charge is 2.29. The van der Waals surface area contributed by atoms with E-state index in [4.69, 9.17) is 0 Å². The van der Waals surface area contributed by atoms with Crippen molar-refractivity contribution in [2.45, 2.75) is 17.4 Å². The molecule has 122 valence electrons. The fourth-order valence-corrected chi connectivity index (χ4v) is 3.93. The lowest BCUT2D eigenvalue weighted by Crippen LogP contribution is -2.37. The molecule has 0 spiro atoms. The highest BCUT2D eigenvalue weighted by atomic mass is 32.2.